The van der Waals surface area contributed by atoms with Crippen LogP contribution in [0.3, 0.4) is 0 Å². The summed E-state index contributed by atoms with van der Waals surface area (Å²) in [5, 5.41) is 3.57. The largest absolute Gasteiger partial charge is 0.368 e. The zero-order valence-corrected chi connectivity index (χ0v) is 10.8. The molecule has 0 amide bonds. The third-order valence-electron chi connectivity index (χ3n) is 2.31. The lowest BCUT2D eigenvalue weighted by Gasteiger charge is -2.07. The predicted molar refractivity (Wildman–Crippen MR) is 70.6 cm³/mol. The maximum atomic E-state index is 13.0. The smallest absolute Gasteiger partial charge is 0.224 e. The van der Waals surface area contributed by atoms with Crippen molar-refractivity contribution in [2.45, 2.75) is 6.42 Å². The lowest BCUT2D eigenvalue weighted by molar-refractivity contribution is 0.625. The minimum atomic E-state index is -0.240. The predicted octanol–water partition coefficient (Wildman–Crippen LogP) is 3.58. The number of hydrogen-bond donors (Lipinski definition) is 1. The number of hydrogen-bond acceptors (Lipinski definition) is 3. The maximum Gasteiger partial charge on any atom is 0.224 e. The Kier molecular flexibility index (Phi) is 4.33. The van der Waals surface area contributed by atoms with E-state index in [9.17, 15) is 4.39 Å². The van der Waals surface area contributed by atoms with E-state index in [4.69, 9.17) is 23.2 Å². The molecule has 0 saturated carbocycles. The van der Waals surface area contributed by atoms with Crippen molar-refractivity contribution >= 4 is 29.0 Å². The molecule has 0 unspecified atom stereocenters. The van der Waals surface area contributed by atoms with Crippen molar-refractivity contribution in [3.8, 4) is 0 Å². The molecule has 1 N–H and O–H groups in total. The van der Waals surface area contributed by atoms with E-state index in [0.29, 0.717) is 23.8 Å². The summed E-state index contributed by atoms with van der Waals surface area (Å²) >= 11 is 11.6. The normalized spacial score (nSPS) is 10.4. The molecule has 3 nitrogen and oxygen atoms in total. The second-order valence-electron chi connectivity index (χ2n) is 3.64. The SMILES string of the molecule is Fc1cccc(CCNc2nc(Cl)ncc2Cl)c1. The van der Waals surface area contributed by atoms with Gasteiger partial charge in [0.05, 0.1) is 6.20 Å². The molecule has 0 aliphatic heterocycles. The molecule has 0 spiro atoms. The lowest BCUT2D eigenvalue weighted by atomic mass is 10.1. The molecule has 2 aromatic rings. The van der Waals surface area contributed by atoms with E-state index in [1.807, 2.05) is 6.07 Å². The average Bonchev–Trinajstić information content (AvgIpc) is 2.34. The number of rotatable bonds is 4. The third-order valence-corrected chi connectivity index (χ3v) is 2.77. The summed E-state index contributed by atoms with van der Waals surface area (Å²) in [6.45, 7) is 0.580. The Bertz CT molecular complexity index is 549. The monoisotopic (exact) mass is 285 g/mol. The van der Waals surface area contributed by atoms with Gasteiger partial charge in [-0.1, -0.05) is 23.7 Å². The van der Waals surface area contributed by atoms with Gasteiger partial charge in [0, 0.05) is 6.54 Å². The van der Waals surface area contributed by atoms with Gasteiger partial charge in [-0.3, -0.25) is 0 Å². The van der Waals surface area contributed by atoms with Crippen LogP contribution in [0.4, 0.5) is 10.2 Å². The first kappa shape index (κ1) is 13.1. The molecule has 94 valence electrons. The third kappa shape index (κ3) is 3.55. The highest BCUT2D eigenvalue weighted by Gasteiger charge is 2.03. The molecule has 6 heteroatoms. The summed E-state index contributed by atoms with van der Waals surface area (Å²) < 4.78 is 13.0. The molecule has 2 rings (SSSR count). The zero-order chi connectivity index (χ0) is 13.0. The molecule has 1 aromatic heterocycles. The van der Waals surface area contributed by atoms with E-state index in [0.717, 1.165) is 5.56 Å². The van der Waals surface area contributed by atoms with Gasteiger partial charge in [-0.05, 0) is 35.7 Å². The average molecular weight is 286 g/mol. The van der Waals surface area contributed by atoms with Gasteiger partial charge < -0.3 is 5.32 Å². The molecular weight excluding hydrogens is 276 g/mol. The first-order valence-electron chi connectivity index (χ1n) is 5.31. The molecule has 0 radical (unpaired) electrons. The summed E-state index contributed by atoms with van der Waals surface area (Å²) in [6, 6.07) is 6.45. The molecule has 18 heavy (non-hydrogen) atoms. The standard InChI is InChI=1S/C12H10Cl2FN3/c13-10-7-17-12(14)18-11(10)16-5-4-8-2-1-3-9(15)6-8/h1-3,6-7H,4-5H2,(H,16,17,18). The highest BCUT2D eigenvalue weighted by molar-refractivity contribution is 6.33. The van der Waals surface area contributed by atoms with Crippen molar-refractivity contribution in [3.63, 3.8) is 0 Å². The highest BCUT2D eigenvalue weighted by Crippen LogP contribution is 2.19. The van der Waals surface area contributed by atoms with Crippen LogP contribution in [0.2, 0.25) is 10.3 Å². The molecule has 0 saturated heterocycles. The number of aromatic nitrogens is 2. The summed E-state index contributed by atoms with van der Waals surface area (Å²) in [6.07, 6.45) is 2.09. The Morgan fingerprint density at radius 3 is 2.89 bits per heavy atom. The van der Waals surface area contributed by atoms with Crippen LogP contribution in [0, 0.1) is 5.82 Å². The summed E-state index contributed by atoms with van der Waals surface area (Å²) in [4.78, 5) is 7.71. The maximum absolute atomic E-state index is 13.0. The minimum absolute atomic E-state index is 0.132. The van der Waals surface area contributed by atoms with E-state index < -0.39 is 0 Å². The van der Waals surface area contributed by atoms with Crippen molar-refractivity contribution in [1.29, 1.82) is 0 Å². The Labute approximate surface area is 114 Å². The van der Waals surface area contributed by atoms with Gasteiger partial charge in [-0.25, -0.2) is 9.37 Å². The second-order valence-corrected chi connectivity index (χ2v) is 4.39. The first-order chi connectivity index (χ1) is 8.65. The summed E-state index contributed by atoms with van der Waals surface area (Å²) in [5.74, 6) is 0.240. The summed E-state index contributed by atoms with van der Waals surface area (Å²) in [7, 11) is 0. The molecule has 0 aliphatic carbocycles. The van der Waals surface area contributed by atoms with Gasteiger partial charge in [0.25, 0.3) is 0 Å². The van der Waals surface area contributed by atoms with Crippen LogP contribution in [0.25, 0.3) is 0 Å². The molecular formula is C12H10Cl2FN3. The van der Waals surface area contributed by atoms with Crippen LogP contribution in [0.5, 0.6) is 0 Å². The van der Waals surface area contributed by atoms with Crippen molar-refractivity contribution in [1.82, 2.24) is 9.97 Å². The number of nitrogens with zero attached hydrogens (tertiary/aromatic N) is 2. The number of halogens is 3. The quantitative estimate of drug-likeness (QED) is 0.873. The second kappa shape index (κ2) is 5.98. The fourth-order valence-electron chi connectivity index (χ4n) is 1.49. The Hall–Kier alpha value is -1.39. The van der Waals surface area contributed by atoms with Gasteiger partial charge >= 0.3 is 0 Å². The van der Waals surface area contributed by atoms with Gasteiger partial charge in [0.1, 0.15) is 16.7 Å². The number of nitrogens with one attached hydrogen (secondary N) is 1. The van der Waals surface area contributed by atoms with Crippen LogP contribution in [0.1, 0.15) is 5.56 Å². The summed E-state index contributed by atoms with van der Waals surface area (Å²) in [5.41, 5.74) is 0.902. The number of benzene rings is 1. The molecule has 1 aromatic carbocycles. The molecule has 0 atom stereocenters. The Morgan fingerprint density at radius 1 is 1.28 bits per heavy atom. The van der Waals surface area contributed by atoms with E-state index in [1.165, 1.54) is 18.3 Å². The topological polar surface area (TPSA) is 37.8 Å². The Balaban J connectivity index is 1.94. The van der Waals surface area contributed by atoms with E-state index in [-0.39, 0.29) is 11.1 Å². The minimum Gasteiger partial charge on any atom is -0.368 e. The van der Waals surface area contributed by atoms with E-state index >= 15 is 0 Å². The fourth-order valence-corrected chi connectivity index (χ4v) is 1.78. The molecule has 0 fully saturated rings. The zero-order valence-electron chi connectivity index (χ0n) is 9.33. The van der Waals surface area contributed by atoms with Crippen LogP contribution in [-0.2, 0) is 6.42 Å². The van der Waals surface area contributed by atoms with Crippen molar-refractivity contribution < 1.29 is 4.39 Å². The number of anilines is 1. The van der Waals surface area contributed by atoms with Gasteiger partial charge in [-0.15, -0.1) is 0 Å². The van der Waals surface area contributed by atoms with Crippen molar-refractivity contribution in [3.05, 3.63) is 52.1 Å². The van der Waals surface area contributed by atoms with Crippen molar-refractivity contribution in [2.75, 3.05) is 11.9 Å². The van der Waals surface area contributed by atoms with Gasteiger partial charge in [-0.2, -0.15) is 4.98 Å². The Morgan fingerprint density at radius 2 is 2.11 bits per heavy atom. The molecule has 0 aliphatic rings. The van der Waals surface area contributed by atoms with E-state index in [1.54, 1.807) is 6.07 Å². The first-order valence-corrected chi connectivity index (χ1v) is 6.07. The van der Waals surface area contributed by atoms with Crippen LogP contribution in [-0.4, -0.2) is 16.5 Å². The highest BCUT2D eigenvalue weighted by atomic mass is 35.5. The van der Waals surface area contributed by atoms with Crippen LogP contribution in [0.15, 0.2) is 30.5 Å². The van der Waals surface area contributed by atoms with Gasteiger partial charge in [0.2, 0.25) is 5.28 Å². The van der Waals surface area contributed by atoms with Gasteiger partial charge in [0.15, 0.2) is 0 Å². The molecule has 0 bridgehead atoms. The fraction of sp³-hybridized carbons (Fsp3) is 0.167. The van der Waals surface area contributed by atoms with Crippen LogP contribution >= 0.6 is 23.2 Å². The van der Waals surface area contributed by atoms with Crippen molar-refractivity contribution in [2.24, 2.45) is 0 Å². The van der Waals surface area contributed by atoms with E-state index in [2.05, 4.69) is 15.3 Å². The lowest BCUT2D eigenvalue weighted by Crippen LogP contribution is -2.07. The molecule has 1 heterocycles. The van der Waals surface area contributed by atoms with Crippen LogP contribution < -0.4 is 5.32 Å².